The third-order valence-corrected chi connectivity index (χ3v) is 2.21. The lowest BCUT2D eigenvalue weighted by atomic mass is 10.1. The Kier molecular flexibility index (Phi) is 2.32. The van der Waals surface area contributed by atoms with E-state index in [-0.39, 0.29) is 0 Å². The predicted molar refractivity (Wildman–Crippen MR) is 59.0 cm³/mol. The highest BCUT2D eigenvalue weighted by molar-refractivity contribution is 5.97. The highest BCUT2D eigenvalue weighted by atomic mass is 16.1. The van der Waals surface area contributed by atoms with Crippen LogP contribution in [0.4, 0.5) is 5.82 Å². The summed E-state index contributed by atoms with van der Waals surface area (Å²) < 4.78 is 1.43. The zero-order valence-electron chi connectivity index (χ0n) is 8.71. The number of nitrogen functional groups attached to an aromatic ring is 1. The molecule has 4 N–H and O–H groups in total. The van der Waals surface area contributed by atoms with Gasteiger partial charge in [0.15, 0.2) is 5.82 Å². The highest BCUT2D eigenvalue weighted by Gasteiger charge is 2.14. The first-order chi connectivity index (χ1) is 7.59. The molecule has 6 heteroatoms. The zero-order chi connectivity index (χ0) is 11.7. The smallest absolute Gasteiger partial charge is 0.252 e. The molecule has 16 heavy (non-hydrogen) atoms. The molecule has 1 amide bonds. The molecule has 0 radical (unpaired) electrons. The van der Waals surface area contributed by atoms with E-state index < -0.39 is 5.91 Å². The Morgan fingerprint density at radius 3 is 2.75 bits per heavy atom. The third-order valence-electron chi connectivity index (χ3n) is 2.21. The summed E-state index contributed by atoms with van der Waals surface area (Å²) in [5.41, 5.74) is 11.9. The van der Waals surface area contributed by atoms with Gasteiger partial charge in [0.25, 0.3) is 5.91 Å². The van der Waals surface area contributed by atoms with Gasteiger partial charge < -0.3 is 11.5 Å². The van der Waals surface area contributed by atoms with Crippen LogP contribution < -0.4 is 11.5 Å². The molecule has 0 atom stereocenters. The maximum atomic E-state index is 11.3. The fourth-order valence-corrected chi connectivity index (χ4v) is 1.48. The lowest BCUT2D eigenvalue weighted by Gasteiger charge is -2.07. The summed E-state index contributed by atoms with van der Waals surface area (Å²) in [4.78, 5) is 15.4. The van der Waals surface area contributed by atoms with Crippen LogP contribution in [0.3, 0.4) is 0 Å². The SMILES string of the molecule is Cc1ccnc(-n2ccc(N)n2)c1C(N)=O. The van der Waals surface area contributed by atoms with E-state index >= 15 is 0 Å². The van der Waals surface area contributed by atoms with Crippen LogP contribution in [0.5, 0.6) is 0 Å². The van der Waals surface area contributed by atoms with Crippen LogP contribution in [-0.4, -0.2) is 20.7 Å². The molecule has 0 aliphatic heterocycles. The van der Waals surface area contributed by atoms with E-state index in [1.807, 2.05) is 0 Å². The summed E-state index contributed by atoms with van der Waals surface area (Å²) in [7, 11) is 0. The quantitative estimate of drug-likeness (QED) is 0.753. The Morgan fingerprint density at radius 2 is 2.19 bits per heavy atom. The van der Waals surface area contributed by atoms with Crippen LogP contribution in [0, 0.1) is 6.92 Å². The van der Waals surface area contributed by atoms with Crippen molar-refractivity contribution < 1.29 is 4.79 Å². The largest absolute Gasteiger partial charge is 0.382 e. The lowest BCUT2D eigenvalue weighted by Crippen LogP contribution is -2.17. The van der Waals surface area contributed by atoms with Crippen molar-refractivity contribution in [2.45, 2.75) is 6.92 Å². The fraction of sp³-hybridized carbons (Fsp3) is 0.100. The van der Waals surface area contributed by atoms with Crippen LogP contribution in [0.25, 0.3) is 5.82 Å². The molecule has 0 spiro atoms. The van der Waals surface area contributed by atoms with Crippen LogP contribution in [-0.2, 0) is 0 Å². The van der Waals surface area contributed by atoms with Gasteiger partial charge in [-0.25, -0.2) is 9.67 Å². The Hall–Kier alpha value is -2.37. The molecular formula is C10H11N5O. The molecule has 6 nitrogen and oxygen atoms in total. The number of anilines is 1. The second-order valence-electron chi connectivity index (χ2n) is 3.38. The molecule has 2 aromatic heterocycles. The van der Waals surface area contributed by atoms with Gasteiger partial charge in [0.1, 0.15) is 5.82 Å². The fourth-order valence-electron chi connectivity index (χ4n) is 1.48. The number of aryl methyl sites for hydroxylation is 1. The number of nitrogens with zero attached hydrogens (tertiary/aromatic N) is 3. The molecule has 0 saturated heterocycles. The van der Waals surface area contributed by atoms with E-state index in [0.29, 0.717) is 17.2 Å². The number of aromatic nitrogens is 3. The summed E-state index contributed by atoms with van der Waals surface area (Å²) in [5, 5.41) is 3.99. The summed E-state index contributed by atoms with van der Waals surface area (Å²) in [6.45, 7) is 1.79. The summed E-state index contributed by atoms with van der Waals surface area (Å²) >= 11 is 0. The topological polar surface area (TPSA) is 99.8 Å². The van der Waals surface area contributed by atoms with Crippen molar-refractivity contribution in [3.63, 3.8) is 0 Å². The molecule has 0 aliphatic rings. The number of hydrogen-bond acceptors (Lipinski definition) is 4. The maximum Gasteiger partial charge on any atom is 0.252 e. The number of nitrogens with two attached hydrogens (primary N) is 2. The molecule has 0 fully saturated rings. The minimum Gasteiger partial charge on any atom is -0.382 e. The van der Waals surface area contributed by atoms with E-state index in [0.717, 1.165) is 5.56 Å². The standard InChI is InChI=1S/C10H11N5O/c1-6-2-4-13-10(8(6)9(12)16)15-5-3-7(11)14-15/h2-5H,1H3,(H2,11,14)(H2,12,16). The number of hydrogen-bond donors (Lipinski definition) is 2. The summed E-state index contributed by atoms with van der Waals surface area (Å²) in [5.74, 6) is 0.220. The Balaban J connectivity index is 2.65. The number of amides is 1. The van der Waals surface area contributed by atoms with E-state index in [9.17, 15) is 4.79 Å². The van der Waals surface area contributed by atoms with Crippen LogP contribution in [0.15, 0.2) is 24.5 Å². The van der Waals surface area contributed by atoms with Gasteiger partial charge in [-0.1, -0.05) is 0 Å². The first-order valence-corrected chi connectivity index (χ1v) is 4.66. The highest BCUT2D eigenvalue weighted by Crippen LogP contribution is 2.15. The van der Waals surface area contributed by atoms with Crippen molar-refractivity contribution in [2.24, 2.45) is 5.73 Å². The average molecular weight is 217 g/mol. The molecular weight excluding hydrogens is 206 g/mol. The first-order valence-electron chi connectivity index (χ1n) is 4.66. The van der Waals surface area contributed by atoms with Gasteiger partial charge in [-0.15, -0.1) is 5.10 Å². The third kappa shape index (κ3) is 1.60. The number of pyridine rings is 1. The number of rotatable bonds is 2. The number of carbonyl (C=O) groups is 1. The van der Waals surface area contributed by atoms with Crippen LogP contribution >= 0.6 is 0 Å². The minimum atomic E-state index is -0.533. The van der Waals surface area contributed by atoms with Crippen molar-refractivity contribution in [1.82, 2.24) is 14.8 Å². The van der Waals surface area contributed by atoms with Gasteiger partial charge in [0.2, 0.25) is 0 Å². The number of primary amides is 1. The molecule has 0 aromatic carbocycles. The maximum absolute atomic E-state index is 11.3. The average Bonchev–Trinajstić information content (AvgIpc) is 2.63. The predicted octanol–water partition coefficient (Wildman–Crippen LogP) is 0.257. The van der Waals surface area contributed by atoms with E-state index in [1.165, 1.54) is 4.68 Å². The minimum absolute atomic E-state index is 0.352. The Morgan fingerprint density at radius 1 is 1.44 bits per heavy atom. The van der Waals surface area contributed by atoms with E-state index in [4.69, 9.17) is 11.5 Å². The monoisotopic (exact) mass is 217 g/mol. The van der Waals surface area contributed by atoms with Crippen molar-refractivity contribution in [3.8, 4) is 5.82 Å². The molecule has 82 valence electrons. The second kappa shape index (κ2) is 3.65. The molecule has 2 heterocycles. The molecule has 0 unspecified atom stereocenters. The van der Waals surface area contributed by atoms with Gasteiger partial charge >= 0.3 is 0 Å². The normalized spacial score (nSPS) is 10.3. The van der Waals surface area contributed by atoms with Crippen molar-refractivity contribution in [2.75, 3.05) is 5.73 Å². The summed E-state index contributed by atoms with van der Waals surface area (Å²) in [6.07, 6.45) is 3.22. The van der Waals surface area contributed by atoms with Crippen molar-refractivity contribution in [1.29, 1.82) is 0 Å². The van der Waals surface area contributed by atoms with Crippen LogP contribution in [0.1, 0.15) is 15.9 Å². The molecule has 0 saturated carbocycles. The van der Waals surface area contributed by atoms with Crippen LogP contribution in [0.2, 0.25) is 0 Å². The molecule has 0 bridgehead atoms. The lowest BCUT2D eigenvalue weighted by molar-refractivity contribution is 0.0999. The van der Waals surface area contributed by atoms with Crippen molar-refractivity contribution in [3.05, 3.63) is 35.7 Å². The van der Waals surface area contributed by atoms with E-state index in [2.05, 4.69) is 10.1 Å². The first kappa shape index (κ1) is 10.2. The Bertz CT molecular complexity index is 546. The molecule has 2 rings (SSSR count). The molecule has 0 aliphatic carbocycles. The summed E-state index contributed by atoms with van der Waals surface area (Å²) in [6, 6.07) is 3.34. The van der Waals surface area contributed by atoms with Gasteiger partial charge in [0, 0.05) is 18.5 Å². The molecule has 2 aromatic rings. The zero-order valence-corrected chi connectivity index (χ0v) is 8.71. The van der Waals surface area contributed by atoms with Gasteiger partial charge in [-0.2, -0.15) is 0 Å². The van der Waals surface area contributed by atoms with Gasteiger partial charge in [-0.05, 0) is 18.6 Å². The number of carbonyl (C=O) groups excluding carboxylic acids is 1. The van der Waals surface area contributed by atoms with Crippen molar-refractivity contribution >= 4 is 11.7 Å². The van der Waals surface area contributed by atoms with E-state index in [1.54, 1.807) is 31.5 Å². The Labute approximate surface area is 91.9 Å². The van der Waals surface area contributed by atoms with Gasteiger partial charge in [0.05, 0.1) is 5.56 Å². The van der Waals surface area contributed by atoms with Gasteiger partial charge in [-0.3, -0.25) is 4.79 Å². The second-order valence-corrected chi connectivity index (χ2v) is 3.38.